The van der Waals surface area contributed by atoms with Crippen LogP contribution in [0.15, 0.2) is 33.5 Å². The van der Waals surface area contributed by atoms with E-state index < -0.39 is 5.97 Å². The highest BCUT2D eigenvalue weighted by atomic mass is 79.9. The number of carboxylic acid groups (broad SMARTS) is 1. The van der Waals surface area contributed by atoms with Crippen LogP contribution in [-0.4, -0.2) is 20.6 Å². The van der Waals surface area contributed by atoms with Gasteiger partial charge in [-0.1, -0.05) is 28.1 Å². The maximum absolute atomic E-state index is 13.1. The summed E-state index contributed by atoms with van der Waals surface area (Å²) in [5.74, 6) is -0.242. The lowest BCUT2D eigenvalue weighted by Crippen LogP contribution is -2.24. The van der Waals surface area contributed by atoms with E-state index in [0.29, 0.717) is 24.2 Å². The molecule has 0 bridgehead atoms. The van der Waals surface area contributed by atoms with Crippen molar-refractivity contribution in [3.8, 4) is 11.1 Å². The summed E-state index contributed by atoms with van der Waals surface area (Å²) >= 11 is 4.94. The van der Waals surface area contributed by atoms with Crippen LogP contribution in [0.25, 0.3) is 21.3 Å². The molecule has 0 spiro atoms. The van der Waals surface area contributed by atoms with Crippen LogP contribution in [0.5, 0.6) is 0 Å². The average molecular weight is 421 g/mol. The van der Waals surface area contributed by atoms with Gasteiger partial charge in [0.25, 0.3) is 5.56 Å². The summed E-state index contributed by atoms with van der Waals surface area (Å²) in [5, 5.41) is 9.43. The van der Waals surface area contributed by atoms with Gasteiger partial charge in [-0.2, -0.15) is 0 Å². The molecule has 0 amide bonds. The Morgan fingerprint density at radius 3 is 2.60 bits per heavy atom. The van der Waals surface area contributed by atoms with E-state index in [9.17, 15) is 9.59 Å². The van der Waals surface area contributed by atoms with Gasteiger partial charge in [0.1, 0.15) is 10.7 Å². The van der Waals surface area contributed by atoms with Gasteiger partial charge in [-0.3, -0.25) is 14.2 Å². The Bertz CT molecular complexity index is 1010. The van der Waals surface area contributed by atoms with Crippen LogP contribution >= 0.6 is 27.3 Å². The summed E-state index contributed by atoms with van der Waals surface area (Å²) < 4.78 is 2.56. The Balaban J connectivity index is 2.15. The third kappa shape index (κ3) is 3.52. The predicted octanol–water partition coefficient (Wildman–Crippen LogP) is 4.37. The van der Waals surface area contributed by atoms with E-state index in [1.54, 1.807) is 11.5 Å². The number of thiophene rings is 1. The summed E-state index contributed by atoms with van der Waals surface area (Å²) in [7, 11) is 0. The first-order valence-electron chi connectivity index (χ1n) is 7.86. The Morgan fingerprint density at radius 2 is 1.96 bits per heavy atom. The Labute approximate surface area is 157 Å². The highest BCUT2D eigenvalue weighted by Gasteiger charge is 2.18. The van der Waals surface area contributed by atoms with Gasteiger partial charge in [0.05, 0.1) is 5.39 Å². The maximum atomic E-state index is 13.1. The zero-order chi connectivity index (χ0) is 18.1. The number of hydrogen-bond donors (Lipinski definition) is 1. The van der Waals surface area contributed by atoms with Gasteiger partial charge >= 0.3 is 5.97 Å². The number of carbonyl (C=O) groups is 1. The second-order valence-corrected chi connectivity index (χ2v) is 7.95. The lowest BCUT2D eigenvalue weighted by atomic mass is 10.0. The molecule has 5 nitrogen and oxygen atoms in total. The first-order chi connectivity index (χ1) is 11.9. The van der Waals surface area contributed by atoms with E-state index in [2.05, 4.69) is 20.9 Å². The quantitative estimate of drug-likeness (QED) is 0.664. The molecule has 0 atom stereocenters. The fourth-order valence-corrected chi connectivity index (χ4v) is 4.26. The molecule has 0 radical (unpaired) electrons. The number of nitrogens with zero attached hydrogens (tertiary/aromatic N) is 2. The number of benzene rings is 1. The van der Waals surface area contributed by atoms with Crippen LogP contribution in [0.1, 0.15) is 23.5 Å². The number of fused-ring (bicyclic) bond motifs is 1. The summed E-state index contributed by atoms with van der Waals surface area (Å²) in [6, 6.07) is 7.86. The second kappa shape index (κ2) is 7.09. The molecule has 2 aromatic heterocycles. The number of rotatable bonds is 5. The highest BCUT2D eigenvalue weighted by Crippen LogP contribution is 2.36. The molecule has 1 N–H and O–H groups in total. The summed E-state index contributed by atoms with van der Waals surface area (Å²) in [4.78, 5) is 30.2. The molecule has 0 saturated heterocycles. The van der Waals surface area contributed by atoms with Gasteiger partial charge in [0.15, 0.2) is 0 Å². The van der Waals surface area contributed by atoms with Gasteiger partial charge in [-0.25, -0.2) is 4.98 Å². The summed E-state index contributed by atoms with van der Waals surface area (Å²) in [6.45, 7) is 4.14. The standard InChI is InChI=1S/C18H17BrN2O3S/c1-10-15(12-5-7-13(19)8-6-12)16-17(25-10)20-11(2)21(18(16)24)9-3-4-14(22)23/h5-8H,3-4,9H2,1-2H3,(H,22,23). The van der Waals surface area contributed by atoms with Crippen LogP contribution in [0.3, 0.4) is 0 Å². The number of aliphatic carboxylic acids is 1. The van der Waals surface area contributed by atoms with E-state index >= 15 is 0 Å². The van der Waals surface area contributed by atoms with Crippen molar-refractivity contribution in [2.45, 2.75) is 33.2 Å². The van der Waals surface area contributed by atoms with E-state index in [0.717, 1.165) is 25.3 Å². The molecule has 0 aliphatic carbocycles. The molecule has 130 valence electrons. The fraction of sp³-hybridized carbons (Fsp3) is 0.278. The average Bonchev–Trinajstić information content (AvgIpc) is 2.87. The minimum Gasteiger partial charge on any atom is -0.481 e. The van der Waals surface area contributed by atoms with Crippen molar-refractivity contribution in [2.24, 2.45) is 0 Å². The zero-order valence-electron chi connectivity index (χ0n) is 13.9. The van der Waals surface area contributed by atoms with Crippen molar-refractivity contribution in [1.29, 1.82) is 0 Å². The smallest absolute Gasteiger partial charge is 0.303 e. The molecule has 3 rings (SSSR count). The van der Waals surface area contributed by atoms with Gasteiger partial charge in [-0.05, 0) is 38.0 Å². The fourth-order valence-electron chi connectivity index (χ4n) is 2.91. The second-order valence-electron chi connectivity index (χ2n) is 5.83. The van der Waals surface area contributed by atoms with Crippen LogP contribution in [0, 0.1) is 13.8 Å². The van der Waals surface area contributed by atoms with Crippen molar-refractivity contribution in [2.75, 3.05) is 0 Å². The van der Waals surface area contributed by atoms with E-state index in [1.807, 2.05) is 31.2 Å². The Morgan fingerprint density at radius 1 is 1.28 bits per heavy atom. The number of aromatic nitrogens is 2. The lowest BCUT2D eigenvalue weighted by Gasteiger charge is -2.09. The topological polar surface area (TPSA) is 72.2 Å². The molecule has 3 aromatic rings. The third-order valence-corrected chi connectivity index (χ3v) is 5.61. The molecule has 0 saturated carbocycles. The van der Waals surface area contributed by atoms with Gasteiger partial charge < -0.3 is 5.11 Å². The molecule has 7 heteroatoms. The van der Waals surface area contributed by atoms with Crippen molar-refractivity contribution >= 4 is 43.5 Å². The normalized spacial score (nSPS) is 11.2. The van der Waals surface area contributed by atoms with E-state index in [-0.39, 0.29) is 12.0 Å². The minimum atomic E-state index is -0.860. The molecule has 1 aromatic carbocycles. The molecule has 0 unspecified atom stereocenters. The van der Waals surface area contributed by atoms with E-state index in [4.69, 9.17) is 5.11 Å². The SMILES string of the molecule is Cc1sc2nc(C)n(CCCC(=O)O)c(=O)c2c1-c1ccc(Br)cc1. The number of halogens is 1. The van der Waals surface area contributed by atoms with Gasteiger partial charge in [-0.15, -0.1) is 11.3 Å². The molecule has 0 fully saturated rings. The number of aryl methyl sites for hydroxylation is 2. The van der Waals surface area contributed by atoms with Crippen LogP contribution < -0.4 is 5.56 Å². The summed E-state index contributed by atoms with van der Waals surface area (Å²) in [5.41, 5.74) is 1.79. The maximum Gasteiger partial charge on any atom is 0.303 e. The van der Waals surface area contributed by atoms with Gasteiger partial charge in [0, 0.05) is 27.9 Å². The molecule has 25 heavy (non-hydrogen) atoms. The van der Waals surface area contributed by atoms with Crippen molar-refractivity contribution in [3.05, 3.63) is 49.8 Å². The predicted molar refractivity (Wildman–Crippen MR) is 103 cm³/mol. The molecule has 0 aliphatic rings. The first kappa shape index (κ1) is 17.8. The minimum absolute atomic E-state index is 0.0339. The molecule has 0 aliphatic heterocycles. The molecular formula is C18H17BrN2O3S. The van der Waals surface area contributed by atoms with Crippen LogP contribution in [0.4, 0.5) is 0 Å². The van der Waals surface area contributed by atoms with Gasteiger partial charge in [0.2, 0.25) is 0 Å². The van der Waals surface area contributed by atoms with Crippen LogP contribution in [-0.2, 0) is 11.3 Å². The largest absolute Gasteiger partial charge is 0.481 e. The van der Waals surface area contributed by atoms with Crippen molar-refractivity contribution < 1.29 is 9.90 Å². The third-order valence-electron chi connectivity index (χ3n) is 4.08. The molecule has 2 heterocycles. The number of hydrogen-bond acceptors (Lipinski definition) is 4. The zero-order valence-corrected chi connectivity index (χ0v) is 16.3. The lowest BCUT2D eigenvalue weighted by molar-refractivity contribution is -0.137. The Hall–Kier alpha value is -1.99. The molecular weight excluding hydrogens is 404 g/mol. The van der Waals surface area contributed by atoms with Crippen LogP contribution in [0.2, 0.25) is 0 Å². The van der Waals surface area contributed by atoms with Crippen molar-refractivity contribution in [1.82, 2.24) is 9.55 Å². The first-order valence-corrected chi connectivity index (χ1v) is 9.47. The Kier molecular flexibility index (Phi) is 5.06. The summed E-state index contributed by atoms with van der Waals surface area (Å²) in [6.07, 6.45) is 0.437. The number of carboxylic acids is 1. The monoisotopic (exact) mass is 420 g/mol. The van der Waals surface area contributed by atoms with Crippen molar-refractivity contribution in [3.63, 3.8) is 0 Å². The highest BCUT2D eigenvalue weighted by molar-refractivity contribution is 9.10. The van der Waals surface area contributed by atoms with E-state index in [1.165, 1.54) is 11.3 Å².